The van der Waals surface area contributed by atoms with E-state index in [0.717, 1.165) is 30.4 Å². The van der Waals surface area contributed by atoms with Gasteiger partial charge in [-0.25, -0.2) is 0 Å². The molecule has 0 saturated carbocycles. The summed E-state index contributed by atoms with van der Waals surface area (Å²) in [4.78, 5) is 13.9. The van der Waals surface area contributed by atoms with Crippen molar-refractivity contribution >= 4 is 33.4 Å². The van der Waals surface area contributed by atoms with E-state index in [9.17, 15) is 4.79 Å². The summed E-state index contributed by atoms with van der Waals surface area (Å²) in [5, 5.41) is 1.58. The lowest BCUT2D eigenvalue weighted by Gasteiger charge is -2.20. The molecule has 2 nitrogen and oxygen atoms in total. The number of alkyl halides is 1. The molecular formula is C13H17BrClNO. The zero-order valence-electron chi connectivity index (χ0n) is 9.96. The molecule has 1 aromatic rings. The fourth-order valence-electron chi connectivity index (χ4n) is 1.63. The summed E-state index contributed by atoms with van der Waals surface area (Å²) in [5.41, 5.74) is 0.899. The Morgan fingerprint density at radius 1 is 1.41 bits per heavy atom. The number of rotatable bonds is 6. The maximum absolute atomic E-state index is 12.1. The molecule has 0 aliphatic heterocycles. The van der Waals surface area contributed by atoms with Gasteiger partial charge < -0.3 is 4.90 Å². The van der Waals surface area contributed by atoms with Crippen molar-refractivity contribution in [1.29, 1.82) is 0 Å². The van der Waals surface area contributed by atoms with Crippen LogP contribution in [0.15, 0.2) is 24.3 Å². The Bertz CT molecular complexity index is 370. The largest absolute Gasteiger partial charge is 0.343 e. The summed E-state index contributed by atoms with van der Waals surface area (Å²) in [6.45, 7) is 3.54. The van der Waals surface area contributed by atoms with E-state index in [4.69, 9.17) is 11.6 Å². The first-order chi connectivity index (χ1) is 8.19. The molecule has 0 aliphatic rings. The van der Waals surface area contributed by atoms with Gasteiger partial charge in [-0.05, 0) is 25.0 Å². The number of nitrogens with zero attached hydrogens (tertiary/aromatic N) is 1. The average molecular weight is 319 g/mol. The molecule has 94 valence electrons. The second-order valence-corrected chi connectivity index (χ2v) is 4.98. The summed E-state index contributed by atoms with van der Waals surface area (Å²) in [6, 6.07) is 7.50. The highest BCUT2D eigenvalue weighted by Gasteiger charge is 2.13. The van der Waals surface area contributed by atoms with Gasteiger partial charge >= 0.3 is 0 Å². The van der Waals surface area contributed by atoms with Crippen LogP contribution in [0.3, 0.4) is 0 Å². The van der Waals surface area contributed by atoms with Gasteiger partial charge in [0, 0.05) is 23.4 Å². The van der Waals surface area contributed by atoms with Crippen molar-refractivity contribution < 1.29 is 4.79 Å². The van der Waals surface area contributed by atoms with E-state index in [1.807, 2.05) is 36.1 Å². The second kappa shape index (κ2) is 7.72. The zero-order valence-corrected chi connectivity index (χ0v) is 12.3. The minimum Gasteiger partial charge on any atom is -0.343 e. The lowest BCUT2D eigenvalue weighted by molar-refractivity contribution is -0.130. The van der Waals surface area contributed by atoms with Crippen molar-refractivity contribution in [3.63, 3.8) is 0 Å². The molecule has 1 aromatic carbocycles. The molecule has 4 heteroatoms. The van der Waals surface area contributed by atoms with Crippen molar-refractivity contribution in [2.75, 3.05) is 18.4 Å². The molecule has 0 unspecified atom stereocenters. The van der Waals surface area contributed by atoms with Gasteiger partial charge in [-0.3, -0.25) is 4.79 Å². The van der Waals surface area contributed by atoms with Crippen molar-refractivity contribution in [2.45, 2.75) is 19.8 Å². The second-order valence-electron chi connectivity index (χ2n) is 3.78. The number of likely N-dealkylation sites (N-methyl/N-ethyl adjacent to an activating group) is 1. The van der Waals surface area contributed by atoms with Crippen molar-refractivity contribution in [2.24, 2.45) is 0 Å². The van der Waals surface area contributed by atoms with Crippen LogP contribution in [0, 0.1) is 0 Å². The average Bonchev–Trinajstić information content (AvgIpc) is 2.33. The fourth-order valence-corrected chi connectivity index (χ4v) is 2.08. The Labute approximate surface area is 116 Å². The van der Waals surface area contributed by atoms with Crippen LogP contribution < -0.4 is 0 Å². The number of carbonyl (C=O) groups excluding carboxylic acids is 1. The van der Waals surface area contributed by atoms with Crippen LogP contribution in [0.4, 0.5) is 0 Å². The third-order valence-electron chi connectivity index (χ3n) is 2.60. The third-order valence-corrected chi connectivity index (χ3v) is 3.53. The lowest BCUT2D eigenvalue weighted by atomic mass is 10.1. The van der Waals surface area contributed by atoms with Gasteiger partial charge in [0.2, 0.25) is 5.91 Å². The minimum absolute atomic E-state index is 0.140. The molecule has 0 bridgehead atoms. The first-order valence-electron chi connectivity index (χ1n) is 5.76. The number of carbonyl (C=O) groups is 1. The quantitative estimate of drug-likeness (QED) is 0.735. The lowest BCUT2D eigenvalue weighted by Crippen LogP contribution is -2.33. The van der Waals surface area contributed by atoms with Crippen molar-refractivity contribution in [3.8, 4) is 0 Å². The number of hydrogen-bond acceptors (Lipinski definition) is 1. The molecule has 0 fully saturated rings. The van der Waals surface area contributed by atoms with Crippen molar-refractivity contribution in [3.05, 3.63) is 34.9 Å². The molecule has 0 aliphatic carbocycles. The molecule has 0 saturated heterocycles. The van der Waals surface area contributed by atoms with E-state index in [0.29, 0.717) is 11.4 Å². The predicted molar refractivity (Wildman–Crippen MR) is 75.8 cm³/mol. The van der Waals surface area contributed by atoms with Crippen LogP contribution >= 0.6 is 27.5 Å². The molecule has 0 heterocycles. The van der Waals surface area contributed by atoms with Gasteiger partial charge in [0.05, 0.1) is 6.42 Å². The molecule has 17 heavy (non-hydrogen) atoms. The summed E-state index contributed by atoms with van der Waals surface area (Å²) in [7, 11) is 0. The van der Waals surface area contributed by atoms with E-state index < -0.39 is 0 Å². The van der Waals surface area contributed by atoms with Crippen molar-refractivity contribution in [1.82, 2.24) is 4.90 Å². The fraction of sp³-hybridized carbons (Fsp3) is 0.462. The molecular weight excluding hydrogens is 302 g/mol. The number of halogens is 2. The standard InChI is InChI=1S/C13H17BrClNO/c1-2-16(9-5-8-14)13(17)10-11-6-3-4-7-12(11)15/h3-4,6-7H,2,5,8-10H2,1H3. The van der Waals surface area contributed by atoms with E-state index in [1.54, 1.807) is 0 Å². The summed E-state index contributed by atoms with van der Waals surface area (Å²) < 4.78 is 0. The van der Waals surface area contributed by atoms with E-state index >= 15 is 0 Å². The highest BCUT2D eigenvalue weighted by Crippen LogP contribution is 2.16. The van der Waals surface area contributed by atoms with Gasteiger partial charge in [0.15, 0.2) is 0 Å². The highest BCUT2D eigenvalue weighted by molar-refractivity contribution is 9.09. The molecule has 0 spiro atoms. The number of hydrogen-bond donors (Lipinski definition) is 0. The van der Waals surface area contributed by atoms with Gasteiger partial charge in [0.25, 0.3) is 0 Å². The van der Waals surface area contributed by atoms with Crippen LogP contribution in [-0.4, -0.2) is 29.2 Å². The monoisotopic (exact) mass is 317 g/mol. The first kappa shape index (κ1) is 14.5. The van der Waals surface area contributed by atoms with Gasteiger partial charge in [-0.15, -0.1) is 0 Å². The smallest absolute Gasteiger partial charge is 0.227 e. The molecule has 0 radical (unpaired) electrons. The zero-order chi connectivity index (χ0) is 12.7. The Morgan fingerprint density at radius 2 is 2.12 bits per heavy atom. The number of amides is 1. The SMILES string of the molecule is CCN(CCCBr)C(=O)Cc1ccccc1Cl. The van der Waals surface area contributed by atoms with Gasteiger partial charge in [-0.2, -0.15) is 0 Å². The maximum atomic E-state index is 12.1. The third kappa shape index (κ3) is 4.68. The maximum Gasteiger partial charge on any atom is 0.227 e. The van der Waals surface area contributed by atoms with Crippen LogP contribution in [0.2, 0.25) is 5.02 Å². The minimum atomic E-state index is 0.140. The Morgan fingerprint density at radius 3 is 2.71 bits per heavy atom. The Kier molecular flexibility index (Phi) is 6.60. The summed E-state index contributed by atoms with van der Waals surface area (Å²) in [5.74, 6) is 0.140. The molecule has 0 atom stereocenters. The van der Waals surface area contributed by atoms with Crippen LogP contribution in [0.1, 0.15) is 18.9 Å². The normalized spacial score (nSPS) is 10.3. The van der Waals surface area contributed by atoms with Gasteiger partial charge in [-0.1, -0.05) is 45.7 Å². The first-order valence-corrected chi connectivity index (χ1v) is 7.26. The molecule has 1 rings (SSSR count). The van der Waals surface area contributed by atoms with Gasteiger partial charge in [0.1, 0.15) is 0 Å². The predicted octanol–water partition coefficient (Wildman–Crippen LogP) is 3.52. The van der Waals surface area contributed by atoms with Crippen LogP contribution in [0.25, 0.3) is 0 Å². The summed E-state index contributed by atoms with van der Waals surface area (Å²) in [6.07, 6.45) is 1.36. The molecule has 0 aromatic heterocycles. The van der Waals surface area contributed by atoms with Crippen LogP contribution in [-0.2, 0) is 11.2 Å². The van der Waals surface area contributed by atoms with E-state index in [-0.39, 0.29) is 5.91 Å². The van der Waals surface area contributed by atoms with E-state index in [1.165, 1.54) is 0 Å². The highest BCUT2D eigenvalue weighted by atomic mass is 79.9. The van der Waals surface area contributed by atoms with E-state index in [2.05, 4.69) is 15.9 Å². The number of benzene rings is 1. The Hall–Kier alpha value is -0.540. The van der Waals surface area contributed by atoms with Crippen LogP contribution in [0.5, 0.6) is 0 Å². The molecule has 1 amide bonds. The summed E-state index contributed by atoms with van der Waals surface area (Å²) >= 11 is 9.42. The molecule has 0 N–H and O–H groups in total. The topological polar surface area (TPSA) is 20.3 Å². The Balaban J connectivity index is 2.61.